The van der Waals surface area contributed by atoms with Gasteiger partial charge in [-0.3, -0.25) is 0 Å². The number of hydrogen-bond donors (Lipinski definition) is 0. The van der Waals surface area contributed by atoms with Crippen LogP contribution in [0.5, 0.6) is 5.75 Å². The molecular formula is C25H35ClO. The number of hydrogen-bond acceptors (Lipinski definition) is 1. The Morgan fingerprint density at radius 1 is 0.704 bits per heavy atom. The first-order valence-corrected chi connectivity index (χ1v) is 11.1. The predicted octanol–water partition coefficient (Wildman–Crippen LogP) is 8.48. The summed E-state index contributed by atoms with van der Waals surface area (Å²) in [6.07, 6.45) is 12.6. The Morgan fingerprint density at radius 3 is 2.04 bits per heavy atom. The lowest BCUT2D eigenvalue weighted by Crippen LogP contribution is -1.98. The summed E-state index contributed by atoms with van der Waals surface area (Å²) in [6.45, 7) is 5.24. The van der Waals surface area contributed by atoms with Crippen LogP contribution in [0, 0.1) is 0 Å². The molecule has 0 saturated carbocycles. The van der Waals surface area contributed by atoms with Crippen LogP contribution in [0.2, 0.25) is 5.02 Å². The zero-order chi connectivity index (χ0) is 19.3. The van der Waals surface area contributed by atoms with Gasteiger partial charge in [0.2, 0.25) is 0 Å². The molecule has 0 aliphatic heterocycles. The minimum Gasteiger partial charge on any atom is -0.492 e. The highest BCUT2D eigenvalue weighted by Crippen LogP contribution is 2.31. The first-order valence-electron chi connectivity index (χ1n) is 10.8. The Morgan fingerprint density at radius 2 is 1.33 bits per heavy atom. The van der Waals surface area contributed by atoms with E-state index >= 15 is 0 Å². The second-order valence-corrected chi connectivity index (χ2v) is 7.82. The van der Waals surface area contributed by atoms with Gasteiger partial charge in [0.1, 0.15) is 5.75 Å². The molecule has 0 heterocycles. The highest BCUT2D eigenvalue weighted by atomic mass is 35.5. The molecule has 0 aromatic heterocycles. The van der Waals surface area contributed by atoms with Crippen molar-refractivity contribution in [2.75, 3.05) is 6.61 Å². The molecule has 2 aromatic rings. The van der Waals surface area contributed by atoms with Crippen molar-refractivity contribution < 1.29 is 4.74 Å². The van der Waals surface area contributed by atoms with Crippen LogP contribution in [0.3, 0.4) is 0 Å². The Bertz CT molecular complexity index is 648. The number of halogens is 1. The molecule has 0 fully saturated rings. The summed E-state index contributed by atoms with van der Waals surface area (Å²) >= 11 is 6.45. The van der Waals surface area contributed by atoms with E-state index in [1.165, 1.54) is 68.9 Å². The average molecular weight is 387 g/mol. The fourth-order valence-electron chi connectivity index (χ4n) is 3.30. The van der Waals surface area contributed by atoms with Crippen molar-refractivity contribution in [2.24, 2.45) is 0 Å². The van der Waals surface area contributed by atoms with Gasteiger partial charge in [-0.1, -0.05) is 101 Å². The number of rotatable bonds is 13. The third kappa shape index (κ3) is 7.97. The summed E-state index contributed by atoms with van der Waals surface area (Å²) in [5.74, 6) is 0.796. The molecule has 2 rings (SSSR count). The van der Waals surface area contributed by atoms with Crippen molar-refractivity contribution in [3.8, 4) is 16.9 Å². The molecule has 0 unspecified atom stereocenters. The van der Waals surface area contributed by atoms with Crippen molar-refractivity contribution in [3.05, 3.63) is 53.1 Å². The Kier molecular flexibility index (Phi) is 10.4. The van der Waals surface area contributed by atoms with E-state index in [-0.39, 0.29) is 0 Å². The van der Waals surface area contributed by atoms with Gasteiger partial charge in [-0.15, -0.1) is 0 Å². The lowest BCUT2D eigenvalue weighted by molar-refractivity contribution is 0.304. The van der Waals surface area contributed by atoms with Crippen LogP contribution >= 0.6 is 11.6 Å². The second-order valence-electron chi connectivity index (χ2n) is 7.42. The summed E-state index contributed by atoms with van der Waals surface area (Å²) in [5, 5.41) is 0.700. The fourth-order valence-corrected chi connectivity index (χ4v) is 3.54. The van der Waals surface area contributed by atoms with Gasteiger partial charge >= 0.3 is 0 Å². The average Bonchev–Trinajstić information content (AvgIpc) is 2.69. The number of ether oxygens (including phenoxy) is 1. The SMILES string of the molecule is CCCCCCCCOc1ccc(-c2ccc(CCCCC)cc2)cc1Cl. The van der Waals surface area contributed by atoms with E-state index in [0.717, 1.165) is 24.3 Å². The van der Waals surface area contributed by atoms with E-state index < -0.39 is 0 Å². The number of aryl methyl sites for hydroxylation is 1. The van der Waals surface area contributed by atoms with Crippen LogP contribution in [-0.2, 0) is 6.42 Å². The summed E-state index contributed by atoms with van der Waals surface area (Å²) in [7, 11) is 0. The van der Waals surface area contributed by atoms with Crippen molar-refractivity contribution in [3.63, 3.8) is 0 Å². The molecule has 0 spiro atoms. The molecule has 0 radical (unpaired) electrons. The standard InChI is InChI=1S/C25H35ClO/c1-3-5-7-8-9-11-19-27-25-18-17-23(20-24(25)26)22-15-13-21(14-16-22)12-10-6-4-2/h13-18,20H,3-12,19H2,1-2H3. The van der Waals surface area contributed by atoms with E-state index in [4.69, 9.17) is 16.3 Å². The molecule has 1 nitrogen and oxygen atoms in total. The Labute approximate surface area is 171 Å². The monoisotopic (exact) mass is 386 g/mol. The minimum atomic E-state index is 0.700. The molecule has 27 heavy (non-hydrogen) atoms. The van der Waals surface area contributed by atoms with Gasteiger partial charge in [-0.25, -0.2) is 0 Å². The highest BCUT2D eigenvalue weighted by Gasteiger charge is 2.05. The lowest BCUT2D eigenvalue weighted by Gasteiger charge is -2.10. The Balaban J connectivity index is 1.83. The molecule has 148 valence electrons. The largest absolute Gasteiger partial charge is 0.492 e. The van der Waals surface area contributed by atoms with Crippen molar-refractivity contribution in [2.45, 2.75) is 78.1 Å². The van der Waals surface area contributed by atoms with Crippen LogP contribution in [0.1, 0.15) is 77.2 Å². The number of unbranched alkanes of at least 4 members (excludes halogenated alkanes) is 7. The fraction of sp³-hybridized carbons (Fsp3) is 0.520. The van der Waals surface area contributed by atoms with Crippen LogP contribution in [0.15, 0.2) is 42.5 Å². The molecule has 0 amide bonds. The summed E-state index contributed by atoms with van der Waals surface area (Å²) in [6, 6.07) is 15.0. The first kappa shape index (κ1) is 21.8. The molecule has 0 aliphatic carbocycles. The summed E-state index contributed by atoms with van der Waals surface area (Å²) < 4.78 is 5.88. The molecule has 0 aliphatic rings. The van der Waals surface area contributed by atoms with Crippen LogP contribution in [0.25, 0.3) is 11.1 Å². The van der Waals surface area contributed by atoms with Crippen molar-refractivity contribution >= 4 is 11.6 Å². The van der Waals surface area contributed by atoms with Crippen molar-refractivity contribution in [1.29, 1.82) is 0 Å². The quantitative estimate of drug-likeness (QED) is 0.313. The van der Waals surface area contributed by atoms with Gasteiger partial charge in [0.25, 0.3) is 0 Å². The first-order chi connectivity index (χ1) is 13.2. The third-order valence-electron chi connectivity index (χ3n) is 5.04. The molecule has 2 heteroatoms. The zero-order valence-electron chi connectivity index (χ0n) is 17.1. The maximum atomic E-state index is 6.45. The van der Waals surface area contributed by atoms with Crippen LogP contribution < -0.4 is 4.74 Å². The van der Waals surface area contributed by atoms with E-state index in [9.17, 15) is 0 Å². The van der Waals surface area contributed by atoms with Crippen LogP contribution in [0.4, 0.5) is 0 Å². The predicted molar refractivity (Wildman–Crippen MR) is 119 cm³/mol. The third-order valence-corrected chi connectivity index (χ3v) is 5.34. The topological polar surface area (TPSA) is 9.23 Å². The van der Waals surface area contributed by atoms with Gasteiger partial charge in [0.05, 0.1) is 11.6 Å². The maximum absolute atomic E-state index is 6.45. The molecule has 0 bridgehead atoms. The van der Waals surface area contributed by atoms with Gasteiger partial charge in [0.15, 0.2) is 0 Å². The van der Waals surface area contributed by atoms with E-state index in [1.54, 1.807) is 0 Å². The smallest absolute Gasteiger partial charge is 0.137 e. The van der Waals surface area contributed by atoms with E-state index in [0.29, 0.717) is 5.02 Å². The molecule has 0 N–H and O–H groups in total. The van der Waals surface area contributed by atoms with E-state index in [2.05, 4.69) is 44.2 Å². The number of benzene rings is 2. The van der Waals surface area contributed by atoms with Crippen molar-refractivity contribution in [1.82, 2.24) is 0 Å². The zero-order valence-corrected chi connectivity index (χ0v) is 17.9. The van der Waals surface area contributed by atoms with Crippen LogP contribution in [-0.4, -0.2) is 6.61 Å². The second kappa shape index (κ2) is 12.8. The minimum absolute atomic E-state index is 0.700. The summed E-state index contributed by atoms with van der Waals surface area (Å²) in [5.41, 5.74) is 3.77. The Hall–Kier alpha value is -1.47. The lowest BCUT2D eigenvalue weighted by atomic mass is 10.0. The van der Waals surface area contributed by atoms with Gasteiger partial charge < -0.3 is 4.74 Å². The van der Waals surface area contributed by atoms with Gasteiger partial charge in [0, 0.05) is 0 Å². The summed E-state index contributed by atoms with van der Waals surface area (Å²) in [4.78, 5) is 0. The molecule has 0 saturated heterocycles. The maximum Gasteiger partial charge on any atom is 0.137 e. The highest BCUT2D eigenvalue weighted by molar-refractivity contribution is 6.32. The molecule has 2 aromatic carbocycles. The molecular weight excluding hydrogens is 352 g/mol. The van der Waals surface area contributed by atoms with Gasteiger partial charge in [-0.2, -0.15) is 0 Å². The van der Waals surface area contributed by atoms with Gasteiger partial charge in [-0.05, 0) is 48.1 Å². The van der Waals surface area contributed by atoms with E-state index in [1.807, 2.05) is 12.1 Å². The normalized spacial score (nSPS) is 10.9. The molecule has 0 atom stereocenters.